The van der Waals surface area contributed by atoms with Gasteiger partial charge in [-0.3, -0.25) is 0 Å². The summed E-state index contributed by atoms with van der Waals surface area (Å²) in [6.45, 7) is 0.658. The molecule has 1 aromatic heterocycles. The Morgan fingerprint density at radius 1 is 0.969 bits per heavy atom. The normalized spacial score (nSPS) is 30.1. The highest BCUT2D eigenvalue weighted by Gasteiger charge is 2.41. The van der Waals surface area contributed by atoms with E-state index in [0.29, 0.717) is 12.5 Å². The van der Waals surface area contributed by atoms with Crippen molar-refractivity contribution >= 4 is 10.9 Å². The molecule has 0 saturated heterocycles. The maximum Gasteiger partial charge on any atom is 0.0988 e. The van der Waals surface area contributed by atoms with Gasteiger partial charge in [0.1, 0.15) is 0 Å². The Balaban J connectivity index is 1.55. The van der Waals surface area contributed by atoms with E-state index in [4.69, 9.17) is 4.74 Å². The third-order valence-corrected chi connectivity index (χ3v) is 8.43. The van der Waals surface area contributed by atoms with Crippen LogP contribution in [0.5, 0.6) is 0 Å². The summed E-state index contributed by atoms with van der Waals surface area (Å²) in [5, 5.41) is 22.3. The Morgan fingerprint density at radius 2 is 1.81 bits per heavy atom. The average Bonchev–Trinajstić information content (AvgIpc) is 3.05. The summed E-state index contributed by atoms with van der Waals surface area (Å²) in [6.07, 6.45) is 6.95. The van der Waals surface area contributed by atoms with Gasteiger partial charge in [0, 0.05) is 23.5 Å². The molecule has 4 heteroatoms. The van der Waals surface area contributed by atoms with Gasteiger partial charge in [0.25, 0.3) is 0 Å². The summed E-state index contributed by atoms with van der Waals surface area (Å²) in [4.78, 5) is 0. The number of ether oxygens (including phenoxy) is 1. The van der Waals surface area contributed by atoms with Crippen molar-refractivity contribution in [1.29, 1.82) is 0 Å². The topological polar surface area (TPSA) is 54.6 Å². The van der Waals surface area contributed by atoms with Crippen LogP contribution in [-0.4, -0.2) is 27.5 Å². The second kappa shape index (κ2) is 8.33. The van der Waals surface area contributed by atoms with Crippen LogP contribution in [0.25, 0.3) is 16.6 Å². The van der Waals surface area contributed by atoms with Crippen molar-refractivity contribution in [2.75, 3.05) is 6.61 Å². The molecule has 4 nitrogen and oxygen atoms in total. The minimum Gasteiger partial charge on any atom is -0.396 e. The van der Waals surface area contributed by atoms with Crippen LogP contribution >= 0.6 is 0 Å². The molecule has 1 saturated carbocycles. The van der Waals surface area contributed by atoms with Gasteiger partial charge < -0.3 is 19.5 Å². The highest BCUT2D eigenvalue weighted by molar-refractivity contribution is 5.88. The maximum atomic E-state index is 10.7. The standard InChI is InChI=1S/C28H33NO3/c30-16-23-22-15-27-28-21(10-3-1-7-18(22)13-14-26(23)31)20-9-4-6-12-25(20)29(28)24-11-5-2-8-19(24)17-32-27/h2,4-6,8-9,11-12,18,22-23,26-27,30-31H,1,3,7,10,13-17H2/t18-,22+,23-,26+,27-/m1/s1. The monoisotopic (exact) mass is 431 g/mol. The predicted octanol–water partition coefficient (Wildman–Crippen LogP) is 5.31. The Hall–Kier alpha value is -2.14. The zero-order valence-corrected chi connectivity index (χ0v) is 18.6. The number of hydrogen-bond donors (Lipinski definition) is 2. The number of aliphatic hydroxyl groups is 2. The third kappa shape index (κ3) is 3.23. The molecule has 2 aliphatic carbocycles. The molecule has 32 heavy (non-hydrogen) atoms. The first-order valence-electron chi connectivity index (χ1n) is 12.4. The maximum absolute atomic E-state index is 10.7. The van der Waals surface area contributed by atoms with Crippen LogP contribution in [0.4, 0.5) is 0 Å². The molecular weight excluding hydrogens is 398 g/mol. The van der Waals surface area contributed by atoms with Gasteiger partial charge in [0.2, 0.25) is 0 Å². The fraction of sp³-hybridized carbons (Fsp3) is 0.500. The predicted molar refractivity (Wildman–Crippen MR) is 126 cm³/mol. The largest absolute Gasteiger partial charge is 0.396 e. The van der Waals surface area contributed by atoms with Crippen molar-refractivity contribution in [2.24, 2.45) is 17.8 Å². The van der Waals surface area contributed by atoms with Crippen molar-refractivity contribution in [3.8, 4) is 5.69 Å². The molecule has 5 atom stereocenters. The quantitative estimate of drug-likeness (QED) is 0.549. The molecule has 0 radical (unpaired) electrons. The van der Waals surface area contributed by atoms with E-state index in [2.05, 4.69) is 53.1 Å². The molecule has 0 amide bonds. The van der Waals surface area contributed by atoms with E-state index in [1.807, 2.05) is 0 Å². The van der Waals surface area contributed by atoms with Crippen molar-refractivity contribution in [3.63, 3.8) is 0 Å². The number of rotatable bonds is 1. The van der Waals surface area contributed by atoms with Crippen molar-refractivity contribution < 1.29 is 14.9 Å². The molecule has 2 heterocycles. The van der Waals surface area contributed by atoms with E-state index < -0.39 is 6.10 Å². The Bertz CT molecular complexity index is 1120. The molecule has 6 rings (SSSR count). The Labute approximate surface area is 189 Å². The van der Waals surface area contributed by atoms with E-state index in [9.17, 15) is 10.2 Å². The summed E-state index contributed by atoms with van der Waals surface area (Å²) in [5.41, 5.74) is 6.44. The van der Waals surface area contributed by atoms with Crippen LogP contribution in [0.15, 0.2) is 48.5 Å². The lowest BCUT2D eigenvalue weighted by Gasteiger charge is -2.42. The van der Waals surface area contributed by atoms with E-state index in [1.54, 1.807) is 0 Å². The van der Waals surface area contributed by atoms with E-state index >= 15 is 0 Å². The van der Waals surface area contributed by atoms with Gasteiger partial charge in [0.05, 0.1) is 35.7 Å². The van der Waals surface area contributed by atoms with Crippen LogP contribution in [0.2, 0.25) is 0 Å². The van der Waals surface area contributed by atoms with E-state index in [0.717, 1.165) is 25.7 Å². The molecule has 0 bridgehead atoms. The van der Waals surface area contributed by atoms with Crippen LogP contribution in [0.1, 0.15) is 61.4 Å². The summed E-state index contributed by atoms with van der Waals surface area (Å²) in [5.74, 6) is 0.792. The van der Waals surface area contributed by atoms with Crippen LogP contribution in [-0.2, 0) is 17.8 Å². The van der Waals surface area contributed by atoms with Crippen LogP contribution < -0.4 is 0 Å². The molecule has 2 aromatic carbocycles. The zero-order chi connectivity index (χ0) is 21.7. The van der Waals surface area contributed by atoms with Gasteiger partial charge in [-0.1, -0.05) is 49.2 Å². The smallest absolute Gasteiger partial charge is 0.0988 e. The van der Waals surface area contributed by atoms with Gasteiger partial charge in [-0.15, -0.1) is 0 Å². The summed E-state index contributed by atoms with van der Waals surface area (Å²) in [6, 6.07) is 17.4. The molecular formula is C28H33NO3. The molecule has 3 aliphatic rings. The van der Waals surface area contributed by atoms with Gasteiger partial charge >= 0.3 is 0 Å². The number of para-hydroxylation sites is 2. The Kier molecular flexibility index (Phi) is 5.33. The molecule has 3 aromatic rings. The highest BCUT2D eigenvalue weighted by Crippen LogP contribution is 2.48. The fourth-order valence-corrected chi connectivity index (χ4v) is 6.87. The second-order valence-electron chi connectivity index (χ2n) is 10.0. The minimum absolute atomic E-state index is 0.0326. The molecule has 0 spiro atoms. The number of aryl methyl sites for hydroxylation is 1. The lowest BCUT2D eigenvalue weighted by atomic mass is 9.66. The highest BCUT2D eigenvalue weighted by atomic mass is 16.5. The number of hydrogen-bond acceptors (Lipinski definition) is 3. The SMILES string of the molecule is OC[C@@H]1[C@H]2C[C@H]3OCc4ccccc4-n4c3c(c3ccccc34)CCCC[C@@H]2CC[C@@H]1O. The van der Waals surface area contributed by atoms with E-state index in [-0.39, 0.29) is 24.5 Å². The van der Waals surface area contributed by atoms with Gasteiger partial charge in [0.15, 0.2) is 0 Å². The molecule has 0 unspecified atom stereocenters. The average molecular weight is 432 g/mol. The van der Waals surface area contributed by atoms with Crippen molar-refractivity contribution in [1.82, 2.24) is 4.57 Å². The molecule has 168 valence electrons. The summed E-state index contributed by atoms with van der Waals surface area (Å²) < 4.78 is 9.15. The number of benzene rings is 2. The second-order valence-corrected chi connectivity index (χ2v) is 10.0. The zero-order valence-electron chi connectivity index (χ0n) is 18.6. The molecule has 1 aliphatic heterocycles. The number of fused-ring (bicyclic) bond motifs is 6. The lowest BCUT2D eigenvalue weighted by Crippen LogP contribution is -2.41. The first-order chi connectivity index (χ1) is 15.8. The summed E-state index contributed by atoms with van der Waals surface area (Å²) in [7, 11) is 0. The number of aliphatic hydroxyl groups excluding tert-OH is 2. The fourth-order valence-electron chi connectivity index (χ4n) is 6.87. The van der Waals surface area contributed by atoms with Crippen LogP contribution in [0, 0.1) is 17.8 Å². The van der Waals surface area contributed by atoms with Crippen LogP contribution in [0.3, 0.4) is 0 Å². The van der Waals surface area contributed by atoms with Crippen molar-refractivity contribution in [2.45, 2.75) is 63.8 Å². The first kappa shape index (κ1) is 20.5. The van der Waals surface area contributed by atoms with E-state index in [1.165, 1.54) is 52.7 Å². The Morgan fingerprint density at radius 3 is 2.72 bits per heavy atom. The molecule has 2 N–H and O–H groups in total. The molecule has 1 fully saturated rings. The number of aromatic nitrogens is 1. The first-order valence-corrected chi connectivity index (χ1v) is 12.4. The van der Waals surface area contributed by atoms with Gasteiger partial charge in [-0.05, 0) is 61.6 Å². The summed E-state index contributed by atoms with van der Waals surface area (Å²) >= 11 is 0. The van der Waals surface area contributed by atoms with Crippen molar-refractivity contribution in [3.05, 3.63) is 65.4 Å². The van der Waals surface area contributed by atoms with Gasteiger partial charge in [-0.25, -0.2) is 0 Å². The number of nitrogens with zero attached hydrogens (tertiary/aromatic N) is 1. The minimum atomic E-state index is -0.405. The van der Waals surface area contributed by atoms with Gasteiger partial charge in [-0.2, -0.15) is 0 Å². The third-order valence-electron chi connectivity index (χ3n) is 8.43. The lowest BCUT2D eigenvalue weighted by molar-refractivity contribution is -0.0601.